The number of nitrogens with zero attached hydrogens (tertiary/aromatic N) is 5. The molecule has 4 heterocycles. The van der Waals surface area contributed by atoms with Crippen LogP contribution in [0.15, 0.2) is 72.3 Å². The molecule has 1 aliphatic rings. The number of allylic oxidation sites excluding steroid dienone is 1. The molecule has 1 saturated heterocycles. The Kier molecular flexibility index (Phi) is 5.51. The molecule has 5 rings (SSSR count). The minimum absolute atomic E-state index is 0.177. The topological polar surface area (TPSA) is 89.7 Å². The van der Waals surface area contributed by atoms with Gasteiger partial charge in [0.1, 0.15) is 5.39 Å². The van der Waals surface area contributed by atoms with Crippen molar-refractivity contribution in [3.63, 3.8) is 0 Å². The molecule has 0 spiro atoms. The number of nitrogens with one attached hydrogen (secondary N) is 2. The van der Waals surface area contributed by atoms with Gasteiger partial charge in [0, 0.05) is 18.1 Å². The molecule has 1 aromatic carbocycles. The number of pyridine rings is 1. The van der Waals surface area contributed by atoms with E-state index in [2.05, 4.69) is 56.4 Å². The lowest BCUT2D eigenvalue weighted by molar-refractivity contribution is 0.460. The lowest BCUT2D eigenvalue weighted by Crippen LogP contribution is -2.26. The van der Waals surface area contributed by atoms with E-state index in [0.29, 0.717) is 35.3 Å². The van der Waals surface area contributed by atoms with Crippen molar-refractivity contribution in [1.29, 1.82) is 0 Å². The SMILES string of the molecule is C=CCn1c(=O)c2cnc(Nc3ccc(C4CCNCC4)cc3)nc2n1-c1ccccn1. The largest absolute Gasteiger partial charge is 0.324 e. The van der Waals surface area contributed by atoms with Gasteiger partial charge in [0.2, 0.25) is 5.95 Å². The van der Waals surface area contributed by atoms with Crippen LogP contribution < -0.4 is 16.2 Å². The van der Waals surface area contributed by atoms with Crippen LogP contribution in [0.1, 0.15) is 24.3 Å². The molecule has 0 atom stereocenters. The molecule has 0 radical (unpaired) electrons. The van der Waals surface area contributed by atoms with Gasteiger partial charge in [-0.25, -0.2) is 19.3 Å². The lowest BCUT2D eigenvalue weighted by Gasteiger charge is -2.23. The number of fused-ring (bicyclic) bond motifs is 1. The molecule has 2 N–H and O–H groups in total. The number of benzene rings is 1. The van der Waals surface area contributed by atoms with E-state index in [4.69, 9.17) is 0 Å². The summed E-state index contributed by atoms with van der Waals surface area (Å²) in [5, 5.41) is 7.11. The second kappa shape index (κ2) is 8.76. The molecule has 162 valence electrons. The summed E-state index contributed by atoms with van der Waals surface area (Å²) in [4.78, 5) is 26.4. The van der Waals surface area contributed by atoms with Crippen molar-refractivity contribution >= 4 is 22.7 Å². The Morgan fingerprint density at radius 3 is 2.66 bits per heavy atom. The van der Waals surface area contributed by atoms with Crippen LogP contribution in [-0.4, -0.2) is 37.4 Å². The van der Waals surface area contributed by atoms with Crippen molar-refractivity contribution in [3.8, 4) is 5.82 Å². The fourth-order valence-corrected chi connectivity index (χ4v) is 4.21. The van der Waals surface area contributed by atoms with Gasteiger partial charge in [-0.1, -0.05) is 24.3 Å². The van der Waals surface area contributed by atoms with Gasteiger partial charge in [-0.2, -0.15) is 4.98 Å². The van der Waals surface area contributed by atoms with Crippen LogP contribution in [0, 0.1) is 0 Å². The Bertz CT molecular complexity index is 1290. The smallest absolute Gasteiger partial charge is 0.278 e. The first kappa shape index (κ1) is 20.1. The van der Waals surface area contributed by atoms with Gasteiger partial charge >= 0.3 is 0 Å². The Morgan fingerprint density at radius 2 is 1.94 bits per heavy atom. The van der Waals surface area contributed by atoms with Crippen LogP contribution in [0.3, 0.4) is 0 Å². The van der Waals surface area contributed by atoms with Crippen LogP contribution >= 0.6 is 0 Å². The van der Waals surface area contributed by atoms with Gasteiger partial charge in [0.05, 0.1) is 6.54 Å². The van der Waals surface area contributed by atoms with Crippen LogP contribution in [0.5, 0.6) is 0 Å². The van der Waals surface area contributed by atoms with Crippen molar-refractivity contribution in [1.82, 2.24) is 29.6 Å². The van der Waals surface area contributed by atoms with Crippen molar-refractivity contribution < 1.29 is 0 Å². The van der Waals surface area contributed by atoms with Crippen LogP contribution in [0.2, 0.25) is 0 Å². The number of hydrogen-bond acceptors (Lipinski definition) is 6. The second-order valence-corrected chi connectivity index (χ2v) is 7.88. The molecular weight excluding hydrogens is 402 g/mol. The Morgan fingerprint density at radius 1 is 1.12 bits per heavy atom. The first-order chi connectivity index (χ1) is 15.7. The van der Waals surface area contributed by atoms with E-state index < -0.39 is 0 Å². The second-order valence-electron chi connectivity index (χ2n) is 7.88. The molecule has 0 bridgehead atoms. The van der Waals surface area contributed by atoms with Crippen LogP contribution in [-0.2, 0) is 6.54 Å². The van der Waals surface area contributed by atoms with Crippen molar-refractivity contribution in [2.75, 3.05) is 18.4 Å². The van der Waals surface area contributed by atoms with Gasteiger partial charge in [-0.3, -0.25) is 4.79 Å². The summed E-state index contributed by atoms with van der Waals surface area (Å²) in [6.07, 6.45) is 7.26. The zero-order chi connectivity index (χ0) is 21.9. The molecular formula is C24H25N7O. The first-order valence-corrected chi connectivity index (χ1v) is 10.8. The zero-order valence-corrected chi connectivity index (χ0v) is 17.7. The molecule has 3 aromatic heterocycles. The quantitative estimate of drug-likeness (QED) is 0.459. The van der Waals surface area contributed by atoms with Gasteiger partial charge in [0.25, 0.3) is 5.56 Å². The van der Waals surface area contributed by atoms with Gasteiger partial charge in [0.15, 0.2) is 11.5 Å². The Balaban J connectivity index is 1.49. The van der Waals surface area contributed by atoms with Crippen LogP contribution in [0.25, 0.3) is 16.9 Å². The minimum atomic E-state index is -0.177. The van der Waals surface area contributed by atoms with Gasteiger partial charge in [-0.05, 0) is 61.7 Å². The predicted octanol–water partition coefficient (Wildman–Crippen LogP) is 3.37. The highest BCUT2D eigenvalue weighted by Gasteiger charge is 2.18. The molecule has 8 nitrogen and oxygen atoms in total. The fraction of sp³-hybridized carbons (Fsp3) is 0.250. The minimum Gasteiger partial charge on any atom is -0.324 e. The van der Waals surface area contributed by atoms with Crippen LogP contribution in [0.4, 0.5) is 11.6 Å². The summed E-state index contributed by atoms with van der Waals surface area (Å²) < 4.78 is 3.28. The highest BCUT2D eigenvalue weighted by Crippen LogP contribution is 2.27. The summed E-state index contributed by atoms with van der Waals surface area (Å²) in [5.41, 5.74) is 2.58. The maximum atomic E-state index is 12.9. The van der Waals surface area contributed by atoms with E-state index in [1.54, 1.807) is 27.8 Å². The van der Waals surface area contributed by atoms with Crippen molar-refractivity contribution in [3.05, 3.63) is 83.4 Å². The molecule has 0 aliphatic carbocycles. The van der Waals surface area contributed by atoms with E-state index in [9.17, 15) is 4.79 Å². The summed E-state index contributed by atoms with van der Waals surface area (Å²) in [7, 11) is 0. The number of aromatic nitrogens is 5. The van der Waals surface area contributed by atoms with Gasteiger partial charge in [-0.15, -0.1) is 6.58 Å². The lowest BCUT2D eigenvalue weighted by atomic mass is 9.90. The summed E-state index contributed by atoms with van der Waals surface area (Å²) >= 11 is 0. The maximum Gasteiger partial charge on any atom is 0.278 e. The standard InChI is InChI=1S/C24H25N7O/c1-2-15-30-23(32)20-16-27-24(29-22(20)31(30)21-5-3-4-12-26-21)28-19-8-6-17(7-9-19)18-10-13-25-14-11-18/h2-9,12,16,18,25H,1,10-11,13-15H2,(H,27,28,29). The molecule has 1 aliphatic heterocycles. The molecule has 0 amide bonds. The number of anilines is 2. The van der Waals surface area contributed by atoms with Crippen molar-refractivity contribution in [2.24, 2.45) is 0 Å². The average Bonchev–Trinajstić information content (AvgIpc) is 3.12. The molecule has 0 saturated carbocycles. The highest BCUT2D eigenvalue weighted by atomic mass is 16.1. The number of rotatable bonds is 6. The Hall–Kier alpha value is -3.78. The first-order valence-electron chi connectivity index (χ1n) is 10.8. The maximum absolute atomic E-state index is 12.9. The fourth-order valence-electron chi connectivity index (χ4n) is 4.21. The Labute approximate surface area is 185 Å². The zero-order valence-electron chi connectivity index (χ0n) is 17.7. The molecule has 32 heavy (non-hydrogen) atoms. The van der Waals surface area contributed by atoms with E-state index in [0.717, 1.165) is 18.8 Å². The predicted molar refractivity (Wildman–Crippen MR) is 126 cm³/mol. The third-order valence-electron chi connectivity index (χ3n) is 5.82. The number of hydrogen-bond donors (Lipinski definition) is 2. The highest BCUT2D eigenvalue weighted by molar-refractivity contribution is 5.77. The molecule has 0 unspecified atom stereocenters. The average molecular weight is 428 g/mol. The van der Waals surface area contributed by atoms with E-state index in [-0.39, 0.29) is 5.56 Å². The summed E-state index contributed by atoms with van der Waals surface area (Å²) in [5.74, 6) is 1.64. The summed E-state index contributed by atoms with van der Waals surface area (Å²) in [6.45, 7) is 6.25. The third kappa shape index (κ3) is 3.80. The van der Waals surface area contributed by atoms with E-state index >= 15 is 0 Å². The summed E-state index contributed by atoms with van der Waals surface area (Å²) in [6, 6.07) is 14.0. The van der Waals surface area contributed by atoms with Gasteiger partial charge < -0.3 is 10.6 Å². The molecule has 4 aromatic rings. The van der Waals surface area contributed by atoms with E-state index in [1.165, 1.54) is 18.4 Å². The monoisotopic (exact) mass is 427 g/mol. The molecule has 1 fully saturated rings. The van der Waals surface area contributed by atoms with E-state index in [1.807, 2.05) is 18.2 Å². The normalized spacial score (nSPS) is 14.5. The molecule has 8 heteroatoms. The third-order valence-corrected chi connectivity index (χ3v) is 5.82. The van der Waals surface area contributed by atoms with Crippen molar-refractivity contribution in [2.45, 2.75) is 25.3 Å². The number of piperidine rings is 1.